The predicted molar refractivity (Wildman–Crippen MR) is 112 cm³/mol. The van der Waals surface area contributed by atoms with Gasteiger partial charge in [0, 0.05) is 23.9 Å². The van der Waals surface area contributed by atoms with Crippen LogP contribution in [0.25, 0.3) is 12.2 Å². The van der Waals surface area contributed by atoms with Gasteiger partial charge >= 0.3 is 0 Å². The third-order valence-corrected chi connectivity index (χ3v) is 6.51. The Morgan fingerprint density at radius 3 is 2.61 bits per heavy atom. The van der Waals surface area contributed by atoms with Crippen LogP contribution in [0.4, 0.5) is 5.88 Å². The molecule has 0 fully saturated rings. The molecule has 8 heteroatoms. The summed E-state index contributed by atoms with van der Waals surface area (Å²) in [6, 6.07) is 12.2. The number of nitrogens with one attached hydrogen (secondary N) is 2. The largest absolute Gasteiger partial charge is 0.420 e. The second kappa shape index (κ2) is 9.18. The van der Waals surface area contributed by atoms with Gasteiger partial charge in [-0.1, -0.05) is 24.3 Å². The standard InChI is InChI=1S/C20H23N3O3S2/c1-23(2)14-7-13-21-19-20(28(24,25)17-9-4-3-5-10-17)22-18(26-19)12-11-16-8-6-15-27-16/h3-6,8-12,15,21H,7,13-14H2,1-2H3/p+1/b12-11+. The topological polar surface area (TPSA) is 76.6 Å². The maximum absolute atomic E-state index is 13.1. The summed E-state index contributed by atoms with van der Waals surface area (Å²) in [5, 5.41) is 5.00. The highest BCUT2D eigenvalue weighted by atomic mass is 32.2. The summed E-state index contributed by atoms with van der Waals surface area (Å²) < 4.78 is 31.8. The zero-order chi connectivity index (χ0) is 20.0. The van der Waals surface area contributed by atoms with E-state index in [-0.39, 0.29) is 21.7 Å². The van der Waals surface area contributed by atoms with Gasteiger partial charge in [0.2, 0.25) is 26.6 Å². The molecule has 0 unspecified atom stereocenters. The number of anilines is 1. The van der Waals surface area contributed by atoms with Gasteiger partial charge in [-0.3, -0.25) is 0 Å². The van der Waals surface area contributed by atoms with Crippen LogP contribution in [-0.2, 0) is 9.84 Å². The smallest absolute Gasteiger partial charge is 0.233 e. The number of nitrogens with zero attached hydrogens (tertiary/aromatic N) is 1. The molecule has 2 N–H and O–H groups in total. The fraction of sp³-hybridized carbons (Fsp3) is 0.250. The molecule has 0 amide bonds. The quantitative estimate of drug-likeness (QED) is 0.523. The summed E-state index contributed by atoms with van der Waals surface area (Å²) in [6.07, 6.45) is 4.42. The average molecular weight is 419 g/mol. The van der Waals surface area contributed by atoms with Crippen LogP contribution in [0.5, 0.6) is 0 Å². The highest BCUT2D eigenvalue weighted by molar-refractivity contribution is 7.91. The number of quaternary nitrogens is 1. The molecule has 2 aromatic heterocycles. The fourth-order valence-electron chi connectivity index (χ4n) is 2.58. The zero-order valence-corrected chi connectivity index (χ0v) is 17.5. The van der Waals surface area contributed by atoms with E-state index in [1.807, 2.05) is 23.6 Å². The van der Waals surface area contributed by atoms with Crippen molar-refractivity contribution in [1.82, 2.24) is 4.98 Å². The van der Waals surface area contributed by atoms with Gasteiger partial charge in [-0.15, -0.1) is 11.3 Å². The molecule has 6 nitrogen and oxygen atoms in total. The number of hydrogen-bond donors (Lipinski definition) is 2. The van der Waals surface area contributed by atoms with Gasteiger partial charge in [0.15, 0.2) is 0 Å². The zero-order valence-electron chi connectivity index (χ0n) is 15.9. The first-order valence-electron chi connectivity index (χ1n) is 9.02. The van der Waals surface area contributed by atoms with E-state index in [9.17, 15) is 8.42 Å². The fourth-order valence-corrected chi connectivity index (χ4v) is 4.51. The van der Waals surface area contributed by atoms with Crippen LogP contribution >= 0.6 is 11.3 Å². The summed E-state index contributed by atoms with van der Waals surface area (Å²) >= 11 is 1.58. The molecule has 2 heterocycles. The van der Waals surface area contributed by atoms with E-state index in [1.54, 1.807) is 47.7 Å². The van der Waals surface area contributed by atoms with Crippen LogP contribution in [0.3, 0.4) is 0 Å². The van der Waals surface area contributed by atoms with E-state index in [4.69, 9.17) is 4.42 Å². The minimum Gasteiger partial charge on any atom is -0.420 e. The number of thiophene rings is 1. The Bertz CT molecular complexity index is 1010. The lowest BCUT2D eigenvalue weighted by atomic mass is 10.4. The number of oxazole rings is 1. The average Bonchev–Trinajstić information content (AvgIpc) is 3.34. The lowest BCUT2D eigenvalue weighted by molar-refractivity contribution is -0.858. The van der Waals surface area contributed by atoms with Gasteiger partial charge in [-0.05, 0) is 29.7 Å². The SMILES string of the molecule is C[NH+](C)CCCNc1oc(/C=C/c2cccs2)nc1S(=O)(=O)c1ccccc1. The lowest BCUT2D eigenvalue weighted by Gasteiger charge is -2.08. The van der Waals surface area contributed by atoms with Crippen molar-refractivity contribution in [2.75, 3.05) is 32.5 Å². The van der Waals surface area contributed by atoms with E-state index >= 15 is 0 Å². The Kier molecular flexibility index (Phi) is 6.66. The molecule has 0 atom stereocenters. The van der Waals surface area contributed by atoms with E-state index < -0.39 is 9.84 Å². The number of benzene rings is 1. The Labute approximate surface area is 169 Å². The molecule has 3 rings (SSSR count). The summed E-state index contributed by atoms with van der Waals surface area (Å²) in [6.45, 7) is 1.57. The molecule has 3 aromatic rings. The van der Waals surface area contributed by atoms with Crippen LogP contribution in [0, 0.1) is 0 Å². The predicted octanol–water partition coefficient (Wildman–Crippen LogP) is 2.69. The van der Waals surface area contributed by atoms with Crippen LogP contribution in [0.15, 0.2) is 62.2 Å². The first-order valence-corrected chi connectivity index (χ1v) is 11.4. The van der Waals surface area contributed by atoms with E-state index in [1.165, 1.54) is 4.90 Å². The van der Waals surface area contributed by atoms with E-state index in [0.29, 0.717) is 6.54 Å². The van der Waals surface area contributed by atoms with Gasteiger partial charge in [0.05, 0.1) is 25.5 Å². The van der Waals surface area contributed by atoms with Gasteiger partial charge < -0.3 is 14.6 Å². The van der Waals surface area contributed by atoms with E-state index in [0.717, 1.165) is 17.8 Å². The van der Waals surface area contributed by atoms with Crippen LogP contribution in [0.2, 0.25) is 0 Å². The lowest BCUT2D eigenvalue weighted by Crippen LogP contribution is -3.05. The van der Waals surface area contributed by atoms with Crippen molar-refractivity contribution < 1.29 is 17.7 Å². The molecule has 0 aliphatic heterocycles. The molecule has 1 aromatic carbocycles. The van der Waals surface area contributed by atoms with Crippen molar-refractivity contribution in [3.8, 4) is 0 Å². The normalized spacial score (nSPS) is 12.1. The van der Waals surface area contributed by atoms with Gasteiger partial charge in [-0.2, -0.15) is 4.98 Å². The molecule has 0 spiro atoms. The molecule has 0 saturated carbocycles. The number of rotatable bonds is 9. The summed E-state index contributed by atoms with van der Waals surface area (Å²) in [5.74, 6) is 0.437. The monoisotopic (exact) mass is 418 g/mol. The molecule has 0 radical (unpaired) electrons. The molecule has 0 aliphatic rings. The molecule has 0 bridgehead atoms. The molecule has 28 heavy (non-hydrogen) atoms. The Morgan fingerprint density at radius 1 is 1.14 bits per heavy atom. The van der Waals surface area contributed by atoms with Crippen molar-refractivity contribution in [2.45, 2.75) is 16.3 Å². The first-order chi connectivity index (χ1) is 13.5. The van der Waals surface area contributed by atoms with Crippen LogP contribution in [-0.4, -0.2) is 40.6 Å². The Morgan fingerprint density at radius 2 is 1.93 bits per heavy atom. The van der Waals surface area contributed by atoms with Crippen LogP contribution in [0.1, 0.15) is 17.2 Å². The molecular formula is C20H24N3O3S2+. The Hall–Kier alpha value is -2.42. The maximum Gasteiger partial charge on any atom is 0.233 e. The second-order valence-corrected chi connectivity index (χ2v) is 9.43. The van der Waals surface area contributed by atoms with Crippen molar-refractivity contribution in [3.05, 3.63) is 58.6 Å². The number of aromatic nitrogens is 1. The summed E-state index contributed by atoms with van der Waals surface area (Å²) in [4.78, 5) is 6.83. The third kappa shape index (κ3) is 5.09. The van der Waals surface area contributed by atoms with E-state index in [2.05, 4.69) is 24.4 Å². The van der Waals surface area contributed by atoms with Crippen molar-refractivity contribution in [2.24, 2.45) is 0 Å². The number of hydrogen-bond acceptors (Lipinski definition) is 6. The Balaban J connectivity index is 1.89. The highest BCUT2D eigenvalue weighted by Crippen LogP contribution is 2.29. The maximum atomic E-state index is 13.1. The minimum atomic E-state index is -3.78. The third-order valence-electron chi connectivity index (χ3n) is 3.99. The van der Waals surface area contributed by atoms with Crippen molar-refractivity contribution in [3.63, 3.8) is 0 Å². The van der Waals surface area contributed by atoms with Gasteiger partial charge in [0.25, 0.3) is 0 Å². The second-order valence-electron chi connectivity index (χ2n) is 6.59. The summed E-state index contributed by atoms with van der Waals surface area (Å²) in [5.41, 5.74) is 0. The van der Waals surface area contributed by atoms with Crippen molar-refractivity contribution >= 4 is 39.2 Å². The van der Waals surface area contributed by atoms with Crippen molar-refractivity contribution in [1.29, 1.82) is 0 Å². The molecule has 0 saturated heterocycles. The molecule has 148 valence electrons. The summed E-state index contributed by atoms with van der Waals surface area (Å²) in [7, 11) is 0.375. The van der Waals surface area contributed by atoms with Gasteiger partial charge in [0.1, 0.15) is 0 Å². The minimum absolute atomic E-state index is 0.0817. The first kappa shape index (κ1) is 20.3. The van der Waals surface area contributed by atoms with Crippen LogP contribution < -0.4 is 10.2 Å². The highest BCUT2D eigenvalue weighted by Gasteiger charge is 2.27. The molecular weight excluding hydrogens is 394 g/mol. The number of sulfone groups is 1. The molecule has 0 aliphatic carbocycles. The van der Waals surface area contributed by atoms with Gasteiger partial charge in [-0.25, -0.2) is 8.42 Å².